The summed E-state index contributed by atoms with van der Waals surface area (Å²) in [5, 5.41) is 7.52. The van der Waals surface area contributed by atoms with Gasteiger partial charge in [-0.1, -0.05) is 6.92 Å². The number of rotatable bonds is 3. The molecule has 0 saturated carbocycles. The van der Waals surface area contributed by atoms with Crippen molar-refractivity contribution < 1.29 is 0 Å². The maximum Gasteiger partial charge on any atom is 0.148 e. The van der Waals surface area contributed by atoms with Gasteiger partial charge in [0.15, 0.2) is 0 Å². The van der Waals surface area contributed by atoms with Crippen molar-refractivity contribution in [1.82, 2.24) is 19.7 Å². The second-order valence-electron chi connectivity index (χ2n) is 3.23. The number of nitrogens with zero attached hydrogens (tertiary/aromatic N) is 4. The van der Waals surface area contributed by atoms with Crippen LogP contribution in [0.1, 0.15) is 12.6 Å². The van der Waals surface area contributed by atoms with Crippen LogP contribution in [-0.4, -0.2) is 19.7 Å². The van der Waals surface area contributed by atoms with Crippen LogP contribution in [0.3, 0.4) is 0 Å². The molecule has 0 radical (unpaired) electrons. The molecule has 2 heterocycles. The molecule has 0 unspecified atom stereocenters. The minimum atomic E-state index is 0.736. The fourth-order valence-electron chi connectivity index (χ4n) is 1.40. The lowest BCUT2D eigenvalue weighted by molar-refractivity contribution is 0.746. The van der Waals surface area contributed by atoms with Crippen molar-refractivity contribution in [3.8, 4) is 0 Å². The molecule has 0 aliphatic heterocycles. The van der Waals surface area contributed by atoms with Gasteiger partial charge in [0.05, 0.1) is 17.6 Å². The maximum absolute atomic E-state index is 4.33. The highest BCUT2D eigenvalue weighted by Crippen LogP contribution is 2.17. The van der Waals surface area contributed by atoms with Crippen molar-refractivity contribution in [2.24, 2.45) is 7.05 Å². The predicted molar refractivity (Wildman–Crippen MR) is 57.9 cm³/mol. The largest absolute Gasteiger partial charge is 0.336 e. The summed E-state index contributed by atoms with van der Waals surface area (Å²) < 4.78 is 1.79. The topological polar surface area (TPSA) is 55.6 Å². The Hall–Kier alpha value is -1.91. The van der Waals surface area contributed by atoms with E-state index in [0.29, 0.717) is 0 Å². The molecule has 15 heavy (non-hydrogen) atoms. The van der Waals surface area contributed by atoms with Gasteiger partial charge in [-0.2, -0.15) is 5.10 Å². The van der Waals surface area contributed by atoms with Crippen LogP contribution in [-0.2, 0) is 13.5 Å². The molecule has 1 N–H and O–H groups in total. The molecule has 5 heteroatoms. The summed E-state index contributed by atoms with van der Waals surface area (Å²) in [7, 11) is 1.90. The van der Waals surface area contributed by atoms with Crippen LogP contribution in [0, 0.1) is 0 Å². The molecule has 5 nitrogen and oxygen atoms in total. The molecule has 2 rings (SSSR count). The molecule has 0 aliphatic rings. The van der Waals surface area contributed by atoms with Crippen LogP contribution in [0.2, 0.25) is 0 Å². The number of hydrogen-bond acceptors (Lipinski definition) is 4. The fraction of sp³-hybridized carbons (Fsp3) is 0.300. The Morgan fingerprint density at radius 2 is 2.27 bits per heavy atom. The number of aromatic nitrogens is 4. The van der Waals surface area contributed by atoms with Crippen LogP contribution >= 0.6 is 0 Å². The summed E-state index contributed by atoms with van der Waals surface area (Å²) in [4.78, 5) is 8.14. The lowest BCUT2D eigenvalue weighted by Crippen LogP contribution is -1.95. The van der Waals surface area contributed by atoms with Gasteiger partial charge in [-0.3, -0.25) is 9.67 Å². The Morgan fingerprint density at radius 3 is 2.93 bits per heavy atom. The first kappa shape index (κ1) is 9.64. The molecule has 2 aromatic heterocycles. The zero-order chi connectivity index (χ0) is 10.7. The Balaban J connectivity index is 2.24. The third-order valence-corrected chi connectivity index (χ3v) is 2.07. The lowest BCUT2D eigenvalue weighted by Gasteiger charge is -2.02. The van der Waals surface area contributed by atoms with Crippen molar-refractivity contribution in [3.05, 3.63) is 30.5 Å². The number of anilines is 2. The molecule has 0 amide bonds. The van der Waals surface area contributed by atoms with E-state index in [9.17, 15) is 0 Å². The highest BCUT2D eigenvalue weighted by molar-refractivity contribution is 5.56. The minimum Gasteiger partial charge on any atom is -0.336 e. The molecule has 2 aromatic rings. The third kappa shape index (κ3) is 2.12. The molecule has 0 spiro atoms. The van der Waals surface area contributed by atoms with Crippen LogP contribution in [0.25, 0.3) is 0 Å². The third-order valence-electron chi connectivity index (χ3n) is 2.07. The highest BCUT2D eigenvalue weighted by Gasteiger charge is 2.05. The Bertz CT molecular complexity index is 434. The smallest absolute Gasteiger partial charge is 0.148 e. The van der Waals surface area contributed by atoms with E-state index in [1.165, 1.54) is 0 Å². The second-order valence-corrected chi connectivity index (χ2v) is 3.23. The zero-order valence-electron chi connectivity index (χ0n) is 8.81. The van der Waals surface area contributed by atoms with Crippen LogP contribution in [0.5, 0.6) is 0 Å². The molecule has 0 bridgehead atoms. The van der Waals surface area contributed by atoms with Crippen LogP contribution < -0.4 is 5.32 Å². The summed E-state index contributed by atoms with van der Waals surface area (Å²) in [6, 6.07) is 0. The van der Waals surface area contributed by atoms with E-state index in [1.807, 2.05) is 13.2 Å². The average molecular weight is 203 g/mol. The molecule has 0 fully saturated rings. The van der Waals surface area contributed by atoms with E-state index in [-0.39, 0.29) is 0 Å². The van der Waals surface area contributed by atoms with Crippen LogP contribution in [0.4, 0.5) is 11.5 Å². The molecular formula is C10H13N5. The Kier molecular flexibility index (Phi) is 2.62. The Morgan fingerprint density at radius 1 is 1.40 bits per heavy atom. The molecule has 0 aromatic carbocycles. The predicted octanol–water partition coefficient (Wildman–Crippen LogP) is 1.52. The van der Waals surface area contributed by atoms with E-state index in [2.05, 4.69) is 27.3 Å². The average Bonchev–Trinajstić information content (AvgIpc) is 2.60. The first-order chi connectivity index (χ1) is 7.29. The summed E-state index contributed by atoms with van der Waals surface area (Å²) in [5.41, 5.74) is 2.02. The summed E-state index contributed by atoms with van der Waals surface area (Å²) >= 11 is 0. The fourth-order valence-corrected chi connectivity index (χ4v) is 1.40. The van der Waals surface area contributed by atoms with Crippen molar-refractivity contribution in [2.75, 3.05) is 5.32 Å². The van der Waals surface area contributed by atoms with Crippen molar-refractivity contribution in [3.63, 3.8) is 0 Å². The summed E-state index contributed by atoms with van der Waals surface area (Å²) in [6.45, 7) is 2.07. The number of aryl methyl sites for hydroxylation is 2. The Labute approximate surface area is 88.2 Å². The van der Waals surface area contributed by atoms with Gasteiger partial charge in [0.1, 0.15) is 5.82 Å². The normalized spacial score (nSPS) is 10.3. The standard InChI is InChI=1S/C10H13N5/c1-3-8-9(7-15(2)14-8)13-10-6-11-4-5-12-10/h4-7H,3H2,1-2H3,(H,12,13). The quantitative estimate of drug-likeness (QED) is 0.821. The molecule has 0 atom stereocenters. The van der Waals surface area contributed by atoms with Crippen molar-refractivity contribution in [1.29, 1.82) is 0 Å². The molecule has 78 valence electrons. The van der Waals surface area contributed by atoms with E-state index in [4.69, 9.17) is 0 Å². The van der Waals surface area contributed by atoms with Gasteiger partial charge in [-0.15, -0.1) is 0 Å². The molecular weight excluding hydrogens is 190 g/mol. The van der Waals surface area contributed by atoms with Crippen molar-refractivity contribution in [2.45, 2.75) is 13.3 Å². The van der Waals surface area contributed by atoms with Gasteiger partial charge in [-0.05, 0) is 6.42 Å². The number of hydrogen-bond donors (Lipinski definition) is 1. The monoisotopic (exact) mass is 203 g/mol. The first-order valence-electron chi connectivity index (χ1n) is 4.85. The SMILES string of the molecule is CCc1nn(C)cc1Nc1cnccn1. The zero-order valence-corrected chi connectivity index (χ0v) is 8.81. The molecule has 0 saturated heterocycles. The van der Waals surface area contributed by atoms with Gasteiger partial charge in [-0.25, -0.2) is 4.98 Å². The molecule has 0 aliphatic carbocycles. The highest BCUT2D eigenvalue weighted by atomic mass is 15.3. The number of nitrogens with one attached hydrogen (secondary N) is 1. The van der Waals surface area contributed by atoms with Gasteiger partial charge in [0.2, 0.25) is 0 Å². The van der Waals surface area contributed by atoms with Gasteiger partial charge >= 0.3 is 0 Å². The second kappa shape index (κ2) is 4.08. The van der Waals surface area contributed by atoms with Crippen LogP contribution in [0.15, 0.2) is 24.8 Å². The van der Waals surface area contributed by atoms with Crippen molar-refractivity contribution >= 4 is 11.5 Å². The lowest BCUT2D eigenvalue weighted by atomic mass is 10.3. The minimum absolute atomic E-state index is 0.736. The van der Waals surface area contributed by atoms with Gasteiger partial charge in [0, 0.05) is 25.6 Å². The van der Waals surface area contributed by atoms with E-state index in [0.717, 1.165) is 23.6 Å². The van der Waals surface area contributed by atoms with Gasteiger partial charge in [0.25, 0.3) is 0 Å². The van der Waals surface area contributed by atoms with E-state index in [1.54, 1.807) is 23.3 Å². The summed E-state index contributed by atoms with van der Waals surface area (Å²) in [5.74, 6) is 0.736. The van der Waals surface area contributed by atoms with E-state index >= 15 is 0 Å². The van der Waals surface area contributed by atoms with Gasteiger partial charge < -0.3 is 5.32 Å². The first-order valence-corrected chi connectivity index (χ1v) is 4.85. The summed E-state index contributed by atoms with van der Waals surface area (Å²) in [6.07, 6.45) is 7.82. The van der Waals surface area contributed by atoms with E-state index < -0.39 is 0 Å². The maximum atomic E-state index is 4.33.